The van der Waals surface area contributed by atoms with Crippen molar-refractivity contribution in [3.05, 3.63) is 53.1 Å². The van der Waals surface area contributed by atoms with E-state index in [2.05, 4.69) is 5.32 Å². The molecule has 2 rings (SSSR count). The Morgan fingerprint density at radius 2 is 1.88 bits per heavy atom. The molecule has 0 spiro atoms. The number of carbonyl (C=O) groups excluding carboxylic acids is 1. The van der Waals surface area contributed by atoms with E-state index in [9.17, 15) is 13.2 Å². The number of sulfonamides is 1. The zero-order valence-corrected chi connectivity index (χ0v) is 14.9. The third kappa shape index (κ3) is 4.47. The van der Waals surface area contributed by atoms with Gasteiger partial charge in [0, 0.05) is 19.1 Å². The summed E-state index contributed by atoms with van der Waals surface area (Å²) in [4.78, 5) is 14.0. The molecule has 24 heavy (non-hydrogen) atoms. The number of carbonyl (C=O) groups is 1. The van der Waals surface area contributed by atoms with Gasteiger partial charge in [-0.15, -0.1) is 0 Å². The van der Waals surface area contributed by atoms with Gasteiger partial charge in [-0.1, -0.05) is 29.8 Å². The summed E-state index contributed by atoms with van der Waals surface area (Å²) in [5.41, 5.74) is 1.71. The number of amides is 1. The number of benzene rings is 2. The van der Waals surface area contributed by atoms with Gasteiger partial charge in [-0.2, -0.15) is 0 Å². The monoisotopic (exact) mass is 367 g/mol. The number of hydrogen-bond acceptors (Lipinski definition) is 4. The first-order valence-corrected chi connectivity index (χ1v) is 8.98. The maximum Gasteiger partial charge on any atom is 0.238 e. The summed E-state index contributed by atoms with van der Waals surface area (Å²) in [6, 6.07) is 11.4. The minimum absolute atomic E-state index is 0.0684. The molecule has 0 unspecified atom stereocenters. The van der Waals surface area contributed by atoms with E-state index >= 15 is 0 Å². The van der Waals surface area contributed by atoms with E-state index in [4.69, 9.17) is 16.7 Å². The van der Waals surface area contributed by atoms with Crippen molar-refractivity contribution >= 4 is 38.9 Å². The van der Waals surface area contributed by atoms with Crippen LogP contribution in [-0.4, -0.2) is 28.4 Å². The van der Waals surface area contributed by atoms with Crippen LogP contribution in [0.4, 0.5) is 11.4 Å². The highest BCUT2D eigenvalue weighted by Crippen LogP contribution is 2.27. The van der Waals surface area contributed by atoms with Gasteiger partial charge in [0.1, 0.15) is 0 Å². The van der Waals surface area contributed by atoms with E-state index in [0.29, 0.717) is 22.0 Å². The number of nitrogens with zero attached hydrogens (tertiary/aromatic N) is 1. The number of rotatable bonds is 5. The molecule has 0 saturated heterocycles. The highest BCUT2D eigenvalue weighted by atomic mass is 35.5. The third-order valence-corrected chi connectivity index (χ3v) is 4.64. The van der Waals surface area contributed by atoms with Gasteiger partial charge in [0.25, 0.3) is 0 Å². The zero-order chi connectivity index (χ0) is 17.9. The Morgan fingerprint density at radius 1 is 1.21 bits per heavy atom. The maximum absolute atomic E-state index is 12.3. The topological polar surface area (TPSA) is 92.5 Å². The van der Waals surface area contributed by atoms with Gasteiger partial charge in [-0.05, 0) is 29.8 Å². The lowest BCUT2D eigenvalue weighted by molar-refractivity contribution is -0.115. The summed E-state index contributed by atoms with van der Waals surface area (Å²) in [7, 11) is -0.285. The van der Waals surface area contributed by atoms with Crippen LogP contribution in [0.15, 0.2) is 47.4 Å². The molecule has 0 bridgehead atoms. The summed E-state index contributed by atoms with van der Waals surface area (Å²) in [6.45, 7) is 0. The number of nitrogens with two attached hydrogens (primary N) is 1. The fraction of sp³-hybridized carbons (Fsp3) is 0.188. The average Bonchev–Trinajstić information content (AvgIpc) is 2.48. The fourth-order valence-electron chi connectivity index (χ4n) is 2.19. The van der Waals surface area contributed by atoms with Crippen LogP contribution in [-0.2, 0) is 21.2 Å². The summed E-state index contributed by atoms with van der Waals surface area (Å²) >= 11 is 6.05. The largest absolute Gasteiger partial charge is 0.376 e. The molecule has 0 fully saturated rings. The first-order valence-electron chi connectivity index (χ1n) is 7.06. The van der Waals surface area contributed by atoms with Gasteiger partial charge in [0.15, 0.2) is 0 Å². The Bertz CT molecular complexity index is 867. The molecule has 0 atom stereocenters. The SMILES string of the molecule is CN(C)c1ccc(S(N)(=O)=O)cc1NC(=O)Cc1ccccc1Cl. The Morgan fingerprint density at radius 3 is 2.46 bits per heavy atom. The molecule has 1 amide bonds. The Labute approximate surface area is 146 Å². The van der Waals surface area contributed by atoms with Crippen LogP contribution in [0.2, 0.25) is 5.02 Å². The molecule has 0 aliphatic rings. The number of anilines is 2. The molecule has 128 valence electrons. The van der Waals surface area contributed by atoms with Gasteiger partial charge < -0.3 is 10.2 Å². The Balaban J connectivity index is 2.30. The average molecular weight is 368 g/mol. The molecule has 0 aromatic heterocycles. The number of nitrogens with one attached hydrogen (secondary N) is 1. The van der Waals surface area contributed by atoms with Crippen LogP contribution < -0.4 is 15.4 Å². The molecule has 0 radical (unpaired) electrons. The highest BCUT2D eigenvalue weighted by Gasteiger charge is 2.15. The minimum atomic E-state index is -3.86. The molecule has 0 heterocycles. The fourth-order valence-corrected chi connectivity index (χ4v) is 2.93. The van der Waals surface area contributed by atoms with Crippen molar-refractivity contribution in [2.75, 3.05) is 24.3 Å². The normalized spacial score (nSPS) is 11.2. The molecule has 0 aliphatic heterocycles. The summed E-state index contributed by atoms with van der Waals surface area (Å²) in [5.74, 6) is -0.308. The predicted molar refractivity (Wildman–Crippen MR) is 95.9 cm³/mol. The van der Waals surface area contributed by atoms with Gasteiger partial charge in [0.2, 0.25) is 15.9 Å². The van der Waals surface area contributed by atoms with E-state index in [0.717, 1.165) is 0 Å². The zero-order valence-electron chi connectivity index (χ0n) is 13.3. The minimum Gasteiger partial charge on any atom is -0.376 e. The maximum atomic E-state index is 12.3. The second kappa shape index (κ2) is 7.21. The smallest absolute Gasteiger partial charge is 0.238 e. The van der Waals surface area contributed by atoms with Gasteiger partial charge in [-0.25, -0.2) is 13.6 Å². The summed E-state index contributed by atoms with van der Waals surface area (Å²) in [6.07, 6.45) is 0.0755. The first-order chi connectivity index (χ1) is 11.2. The van der Waals surface area contributed by atoms with Crippen molar-refractivity contribution in [2.45, 2.75) is 11.3 Å². The summed E-state index contributed by atoms with van der Waals surface area (Å²) < 4.78 is 23.0. The van der Waals surface area contributed by atoms with E-state index in [-0.39, 0.29) is 17.2 Å². The molecular weight excluding hydrogens is 350 g/mol. The van der Waals surface area contributed by atoms with Crippen LogP contribution in [0, 0.1) is 0 Å². The highest BCUT2D eigenvalue weighted by molar-refractivity contribution is 7.89. The summed E-state index contributed by atoms with van der Waals surface area (Å²) in [5, 5.41) is 8.37. The van der Waals surface area contributed by atoms with Gasteiger partial charge >= 0.3 is 0 Å². The van der Waals surface area contributed by atoms with E-state index in [1.807, 2.05) is 0 Å². The Kier molecular flexibility index (Phi) is 5.48. The third-order valence-electron chi connectivity index (χ3n) is 3.36. The van der Waals surface area contributed by atoms with Crippen molar-refractivity contribution < 1.29 is 13.2 Å². The Hall–Kier alpha value is -2.09. The second-order valence-corrected chi connectivity index (χ2v) is 7.40. The molecule has 0 saturated carbocycles. The lowest BCUT2D eigenvalue weighted by Gasteiger charge is -2.19. The molecule has 0 aliphatic carbocycles. The van der Waals surface area contributed by atoms with Crippen molar-refractivity contribution in [1.29, 1.82) is 0 Å². The van der Waals surface area contributed by atoms with Crippen molar-refractivity contribution in [3.63, 3.8) is 0 Å². The number of halogens is 1. The lowest BCUT2D eigenvalue weighted by atomic mass is 10.1. The number of hydrogen-bond donors (Lipinski definition) is 2. The van der Waals surface area contributed by atoms with Gasteiger partial charge in [0.05, 0.1) is 22.7 Å². The molecule has 8 heteroatoms. The molecule has 3 N–H and O–H groups in total. The standard InChI is InChI=1S/C16H18ClN3O3S/c1-20(2)15-8-7-12(24(18,22)23)10-14(15)19-16(21)9-11-5-3-4-6-13(11)17/h3-8,10H,9H2,1-2H3,(H,19,21)(H2,18,22,23). The van der Waals surface area contributed by atoms with Gasteiger partial charge in [-0.3, -0.25) is 4.79 Å². The van der Waals surface area contributed by atoms with Crippen molar-refractivity contribution in [3.8, 4) is 0 Å². The second-order valence-electron chi connectivity index (χ2n) is 5.43. The van der Waals surface area contributed by atoms with Crippen molar-refractivity contribution in [1.82, 2.24) is 0 Å². The van der Waals surface area contributed by atoms with Crippen LogP contribution in [0.3, 0.4) is 0 Å². The van der Waals surface area contributed by atoms with Crippen molar-refractivity contribution in [2.24, 2.45) is 5.14 Å². The molecular formula is C16H18ClN3O3S. The lowest BCUT2D eigenvalue weighted by Crippen LogP contribution is -2.20. The van der Waals surface area contributed by atoms with Crippen LogP contribution in [0.25, 0.3) is 0 Å². The quantitative estimate of drug-likeness (QED) is 0.847. The molecule has 2 aromatic carbocycles. The van der Waals surface area contributed by atoms with E-state index < -0.39 is 10.0 Å². The number of primary sulfonamides is 1. The van der Waals surface area contributed by atoms with E-state index in [1.165, 1.54) is 12.1 Å². The van der Waals surface area contributed by atoms with Crippen LogP contribution in [0.1, 0.15) is 5.56 Å². The predicted octanol–water partition coefficient (Wildman–Crippen LogP) is 2.23. The molecule has 6 nitrogen and oxygen atoms in total. The van der Waals surface area contributed by atoms with Crippen LogP contribution >= 0.6 is 11.6 Å². The molecule has 2 aromatic rings. The van der Waals surface area contributed by atoms with Crippen LogP contribution in [0.5, 0.6) is 0 Å². The van der Waals surface area contributed by atoms with E-state index in [1.54, 1.807) is 49.3 Å². The first kappa shape index (κ1) is 18.3.